The average molecular weight is 248 g/mol. The summed E-state index contributed by atoms with van der Waals surface area (Å²) in [6.45, 7) is 0. The third-order valence-corrected chi connectivity index (χ3v) is 4.08. The first kappa shape index (κ1) is 10.1. The molecule has 16 heavy (non-hydrogen) atoms. The maximum absolute atomic E-state index is 6.02. The molecule has 0 radical (unpaired) electrons. The number of para-hydroxylation sites is 1. The van der Waals surface area contributed by atoms with Crippen molar-refractivity contribution in [2.24, 2.45) is 0 Å². The van der Waals surface area contributed by atoms with Gasteiger partial charge in [-0.3, -0.25) is 0 Å². The predicted octanol–water partition coefficient (Wildman–Crippen LogP) is 4.57. The number of hydrogen-bond donors (Lipinski definition) is 0. The Kier molecular flexibility index (Phi) is 2.34. The standard InChI is InChI=1S/C13H10ClNS/c1-15-10-4-2-3-5-12(10)16-13-8-9(14)6-7-11(13)15/h2-8H,1H3. The first-order valence-electron chi connectivity index (χ1n) is 5.06. The van der Waals surface area contributed by atoms with E-state index in [1.165, 1.54) is 21.2 Å². The zero-order valence-electron chi connectivity index (χ0n) is 8.77. The van der Waals surface area contributed by atoms with Gasteiger partial charge in [0, 0.05) is 21.9 Å². The Balaban J connectivity index is 2.18. The molecule has 1 aliphatic heterocycles. The van der Waals surface area contributed by atoms with Gasteiger partial charge < -0.3 is 4.90 Å². The molecule has 0 bridgehead atoms. The second kappa shape index (κ2) is 3.72. The van der Waals surface area contributed by atoms with E-state index in [0.717, 1.165) is 5.02 Å². The average Bonchev–Trinajstić information content (AvgIpc) is 2.29. The van der Waals surface area contributed by atoms with E-state index in [1.807, 2.05) is 12.1 Å². The van der Waals surface area contributed by atoms with Crippen LogP contribution in [0.5, 0.6) is 0 Å². The Morgan fingerprint density at radius 2 is 1.75 bits per heavy atom. The molecule has 0 atom stereocenters. The second-order valence-corrected chi connectivity index (χ2v) is 5.26. The zero-order chi connectivity index (χ0) is 11.1. The molecule has 80 valence electrons. The minimum Gasteiger partial charge on any atom is -0.343 e. The zero-order valence-corrected chi connectivity index (χ0v) is 10.3. The van der Waals surface area contributed by atoms with Gasteiger partial charge in [-0.05, 0) is 30.3 Å². The molecule has 0 fully saturated rings. The summed E-state index contributed by atoms with van der Waals surface area (Å²) in [6.07, 6.45) is 0. The van der Waals surface area contributed by atoms with Crippen LogP contribution in [0.25, 0.3) is 0 Å². The van der Waals surface area contributed by atoms with Gasteiger partial charge in [0.25, 0.3) is 0 Å². The molecule has 3 rings (SSSR count). The van der Waals surface area contributed by atoms with Gasteiger partial charge in [0.2, 0.25) is 0 Å². The van der Waals surface area contributed by atoms with Crippen molar-refractivity contribution in [3.63, 3.8) is 0 Å². The topological polar surface area (TPSA) is 3.24 Å². The van der Waals surface area contributed by atoms with Crippen molar-refractivity contribution in [2.75, 3.05) is 11.9 Å². The molecule has 1 heterocycles. The van der Waals surface area contributed by atoms with Crippen LogP contribution in [0.1, 0.15) is 0 Å². The third-order valence-electron chi connectivity index (χ3n) is 2.73. The fourth-order valence-electron chi connectivity index (χ4n) is 1.92. The van der Waals surface area contributed by atoms with Gasteiger partial charge in [-0.1, -0.05) is 35.5 Å². The van der Waals surface area contributed by atoms with Gasteiger partial charge in [-0.25, -0.2) is 0 Å². The van der Waals surface area contributed by atoms with E-state index in [1.54, 1.807) is 11.8 Å². The van der Waals surface area contributed by atoms with Crippen LogP contribution < -0.4 is 4.90 Å². The summed E-state index contributed by atoms with van der Waals surface area (Å²) >= 11 is 7.79. The van der Waals surface area contributed by atoms with Gasteiger partial charge in [-0.15, -0.1) is 0 Å². The van der Waals surface area contributed by atoms with Crippen molar-refractivity contribution in [3.8, 4) is 0 Å². The first-order chi connectivity index (χ1) is 7.75. The highest BCUT2D eigenvalue weighted by atomic mass is 35.5. The maximum Gasteiger partial charge on any atom is 0.0551 e. The lowest BCUT2D eigenvalue weighted by atomic mass is 10.2. The summed E-state index contributed by atoms with van der Waals surface area (Å²) in [6, 6.07) is 14.4. The van der Waals surface area contributed by atoms with Crippen LogP contribution in [0, 0.1) is 0 Å². The van der Waals surface area contributed by atoms with E-state index < -0.39 is 0 Å². The molecule has 0 N–H and O–H groups in total. The number of benzene rings is 2. The van der Waals surface area contributed by atoms with Crippen molar-refractivity contribution >= 4 is 34.7 Å². The van der Waals surface area contributed by atoms with E-state index in [2.05, 4.69) is 42.3 Å². The van der Waals surface area contributed by atoms with E-state index in [-0.39, 0.29) is 0 Å². The highest BCUT2D eigenvalue weighted by Gasteiger charge is 2.19. The lowest BCUT2D eigenvalue weighted by Crippen LogP contribution is -2.14. The Labute approximate surface area is 104 Å². The minimum absolute atomic E-state index is 0.791. The summed E-state index contributed by atoms with van der Waals surface area (Å²) < 4.78 is 0. The number of rotatable bonds is 0. The fraction of sp³-hybridized carbons (Fsp3) is 0.0769. The van der Waals surface area contributed by atoms with Crippen LogP contribution in [0.3, 0.4) is 0 Å². The largest absolute Gasteiger partial charge is 0.343 e. The van der Waals surface area contributed by atoms with Crippen molar-refractivity contribution < 1.29 is 0 Å². The Morgan fingerprint density at radius 1 is 1.00 bits per heavy atom. The Hall–Kier alpha value is -1.12. The molecule has 1 nitrogen and oxygen atoms in total. The summed E-state index contributed by atoms with van der Waals surface area (Å²) in [5, 5.41) is 0.791. The van der Waals surface area contributed by atoms with Gasteiger partial charge in [0.1, 0.15) is 0 Å². The van der Waals surface area contributed by atoms with Crippen LogP contribution >= 0.6 is 23.4 Å². The predicted molar refractivity (Wildman–Crippen MR) is 70.1 cm³/mol. The highest BCUT2D eigenvalue weighted by Crippen LogP contribution is 2.47. The van der Waals surface area contributed by atoms with E-state index in [0.29, 0.717) is 0 Å². The number of nitrogens with zero attached hydrogens (tertiary/aromatic N) is 1. The molecule has 0 aromatic heterocycles. The maximum atomic E-state index is 6.02. The minimum atomic E-state index is 0.791. The fourth-order valence-corrected chi connectivity index (χ4v) is 3.34. The van der Waals surface area contributed by atoms with Crippen molar-refractivity contribution in [1.82, 2.24) is 0 Å². The van der Waals surface area contributed by atoms with Crippen LogP contribution in [0.2, 0.25) is 5.02 Å². The highest BCUT2D eigenvalue weighted by molar-refractivity contribution is 7.99. The molecule has 0 saturated carbocycles. The summed E-state index contributed by atoms with van der Waals surface area (Å²) in [7, 11) is 2.09. The molecule has 2 aromatic carbocycles. The smallest absolute Gasteiger partial charge is 0.0551 e. The molecule has 3 heteroatoms. The molecular weight excluding hydrogens is 238 g/mol. The monoisotopic (exact) mass is 247 g/mol. The van der Waals surface area contributed by atoms with E-state index >= 15 is 0 Å². The lowest BCUT2D eigenvalue weighted by molar-refractivity contribution is 1.11. The van der Waals surface area contributed by atoms with Gasteiger partial charge in [0.05, 0.1) is 11.4 Å². The number of halogens is 1. The molecule has 2 aromatic rings. The van der Waals surface area contributed by atoms with Crippen molar-refractivity contribution in [1.29, 1.82) is 0 Å². The molecule has 0 unspecified atom stereocenters. The molecule has 0 spiro atoms. The SMILES string of the molecule is CN1c2ccccc2Sc2cc(Cl)ccc21. The Morgan fingerprint density at radius 3 is 2.62 bits per heavy atom. The number of anilines is 2. The molecule has 0 aliphatic carbocycles. The quantitative estimate of drug-likeness (QED) is 0.671. The summed E-state index contributed by atoms with van der Waals surface area (Å²) in [5.41, 5.74) is 2.47. The Bertz CT molecular complexity index is 553. The second-order valence-electron chi connectivity index (χ2n) is 3.74. The molecule has 0 saturated heterocycles. The van der Waals surface area contributed by atoms with Crippen molar-refractivity contribution in [2.45, 2.75) is 9.79 Å². The van der Waals surface area contributed by atoms with Crippen molar-refractivity contribution in [3.05, 3.63) is 47.5 Å². The third kappa shape index (κ3) is 1.49. The van der Waals surface area contributed by atoms with Crippen LogP contribution in [0.15, 0.2) is 52.3 Å². The van der Waals surface area contributed by atoms with Gasteiger partial charge >= 0.3 is 0 Å². The summed E-state index contributed by atoms with van der Waals surface area (Å²) in [5.74, 6) is 0. The molecule has 0 amide bonds. The summed E-state index contributed by atoms with van der Waals surface area (Å²) in [4.78, 5) is 4.70. The normalized spacial score (nSPS) is 13.2. The molecule has 1 aliphatic rings. The van der Waals surface area contributed by atoms with Crippen LogP contribution in [-0.2, 0) is 0 Å². The number of hydrogen-bond acceptors (Lipinski definition) is 2. The van der Waals surface area contributed by atoms with Gasteiger partial charge in [0.15, 0.2) is 0 Å². The van der Waals surface area contributed by atoms with E-state index in [4.69, 9.17) is 11.6 Å². The van der Waals surface area contributed by atoms with E-state index in [9.17, 15) is 0 Å². The van der Waals surface area contributed by atoms with Crippen LogP contribution in [0.4, 0.5) is 11.4 Å². The lowest BCUT2D eigenvalue weighted by Gasteiger charge is -2.29. The first-order valence-corrected chi connectivity index (χ1v) is 6.25. The molecular formula is C13H10ClNS. The number of fused-ring (bicyclic) bond motifs is 2. The van der Waals surface area contributed by atoms with Crippen LogP contribution in [-0.4, -0.2) is 7.05 Å². The van der Waals surface area contributed by atoms with Gasteiger partial charge in [-0.2, -0.15) is 0 Å².